The molecular weight excluding hydrogens is 369 g/mol. The number of rotatable bonds is 3. The zero-order chi connectivity index (χ0) is 16.7. The molecule has 4 rings (SSSR count). The summed E-state index contributed by atoms with van der Waals surface area (Å²) in [4.78, 5) is 22.1. The van der Waals surface area contributed by atoms with E-state index >= 15 is 0 Å². The van der Waals surface area contributed by atoms with E-state index in [1.165, 1.54) is 10.9 Å². The Morgan fingerprint density at radius 2 is 2.12 bits per heavy atom. The lowest BCUT2D eigenvalue weighted by molar-refractivity contribution is 0.484. The molecule has 0 spiro atoms. The van der Waals surface area contributed by atoms with Gasteiger partial charge in [0.25, 0.3) is 5.56 Å². The molecule has 120 valence electrons. The van der Waals surface area contributed by atoms with Crippen LogP contribution < -0.4 is 5.56 Å². The van der Waals surface area contributed by atoms with E-state index in [9.17, 15) is 4.79 Å². The van der Waals surface area contributed by atoms with Crippen LogP contribution in [0.25, 0.3) is 21.5 Å². The molecule has 0 atom stereocenters. The first-order valence-electron chi connectivity index (χ1n) is 6.94. The van der Waals surface area contributed by atoms with E-state index < -0.39 is 0 Å². The predicted octanol–water partition coefficient (Wildman–Crippen LogP) is 4.47. The number of benzene rings is 1. The van der Waals surface area contributed by atoms with Gasteiger partial charge in [-0.2, -0.15) is 0 Å². The Morgan fingerprint density at radius 1 is 1.25 bits per heavy atom. The number of fused-ring (bicyclic) bond motifs is 1. The number of hydrogen-bond donors (Lipinski definition) is 0. The number of halogens is 2. The van der Waals surface area contributed by atoms with Gasteiger partial charge >= 0.3 is 0 Å². The van der Waals surface area contributed by atoms with E-state index in [1.54, 1.807) is 29.7 Å². The van der Waals surface area contributed by atoms with Crippen molar-refractivity contribution < 1.29 is 4.42 Å². The van der Waals surface area contributed by atoms with Gasteiger partial charge in [-0.1, -0.05) is 29.3 Å². The second kappa shape index (κ2) is 6.05. The topological polar surface area (TPSA) is 60.9 Å². The van der Waals surface area contributed by atoms with Gasteiger partial charge in [-0.25, -0.2) is 9.97 Å². The lowest BCUT2D eigenvalue weighted by Gasteiger charge is -2.05. The quantitative estimate of drug-likeness (QED) is 0.528. The Labute approximate surface area is 150 Å². The summed E-state index contributed by atoms with van der Waals surface area (Å²) in [5.41, 5.74) is 0.175. The van der Waals surface area contributed by atoms with E-state index in [2.05, 4.69) is 9.97 Å². The molecule has 0 aliphatic heterocycles. The van der Waals surface area contributed by atoms with Crippen LogP contribution >= 0.6 is 34.5 Å². The molecule has 3 aromatic heterocycles. The maximum Gasteiger partial charge on any atom is 0.261 e. The van der Waals surface area contributed by atoms with Gasteiger partial charge in [-0.3, -0.25) is 9.36 Å². The van der Waals surface area contributed by atoms with Crippen LogP contribution in [0.15, 0.2) is 51.4 Å². The molecule has 0 aliphatic rings. The summed E-state index contributed by atoms with van der Waals surface area (Å²) in [6.07, 6.45) is 3.08. The largest absolute Gasteiger partial charge is 0.438 e. The fourth-order valence-electron chi connectivity index (χ4n) is 2.37. The van der Waals surface area contributed by atoms with Crippen LogP contribution in [0.1, 0.15) is 5.89 Å². The molecule has 0 saturated heterocycles. The monoisotopic (exact) mass is 377 g/mol. The fourth-order valence-corrected chi connectivity index (χ4v) is 3.58. The van der Waals surface area contributed by atoms with Crippen LogP contribution in [0, 0.1) is 0 Å². The van der Waals surface area contributed by atoms with Crippen molar-refractivity contribution in [2.24, 2.45) is 0 Å². The maximum absolute atomic E-state index is 12.6. The molecule has 1 aromatic carbocycles. The average Bonchev–Trinajstić information content (AvgIpc) is 3.21. The van der Waals surface area contributed by atoms with Gasteiger partial charge in [0, 0.05) is 5.02 Å². The van der Waals surface area contributed by atoms with E-state index in [1.807, 2.05) is 17.5 Å². The predicted molar refractivity (Wildman–Crippen MR) is 94.9 cm³/mol. The molecule has 0 aliphatic carbocycles. The molecule has 0 saturated carbocycles. The van der Waals surface area contributed by atoms with Crippen molar-refractivity contribution in [3.05, 3.63) is 68.5 Å². The Hall–Kier alpha value is -2.15. The molecule has 5 nitrogen and oxygen atoms in total. The second-order valence-electron chi connectivity index (χ2n) is 5.06. The zero-order valence-corrected chi connectivity index (χ0v) is 14.4. The summed E-state index contributed by atoms with van der Waals surface area (Å²) in [6.45, 7) is 0.178. The first-order chi connectivity index (χ1) is 11.6. The summed E-state index contributed by atoms with van der Waals surface area (Å²) < 4.78 is 7.12. The molecule has 0 unspecified atom stereocenters. The molecule has 0 N–H and O–H groups in total. The Balaban J connectivity index is 1.73. The Morgan fingerprint density at radius 3 is 2.92 bits per heavy atom. The van der Waals surface area contributed by atoms with Crippen LogP contribution in [0.5, 0.6) is 0 Å². The minimum atomic E-state index is -0.250. The van der Waals surface area contributed by atoms with Crippen LogP contribution in [0.3, 0.4) is 0 Å². The molecule has 0 fully saturated rings. The minimum absolute atomic E-state index is 0.178. The standard InChI is InChI=1S/C16H9Cl2N3O2S/c17-9-4-10-15(11(18)5-9)20-8-21(16(10)22)7-14-19-6-12(23-14)13-2-1-3-24-13/h1-6,8H,7H2. The summed E-state index contributed by atoms with van der Waals surface area (Å²) in [5.74, 6) is 1.10. The lowest BCUT2D eigenvalue weighted by atomic mass is 10.2. The lowest BCUT2D eigenvalue weighted by Crippen LogP contribution is -2.21. The van der Waals surface area contributed by atoms with Crippen molar-refractivity contribution in [2.45, 2.75) is 6.54 Å². The van der Waals surface area contributed by atoms with Gasteiger partial charge in [0.1, 0.15) is 6.54 Å². The van der Waals surface area contributed by atoms with Gasteiger partial charge in [0.05, 0.1) is 33.3 Å². The minimum Gasteiger partial charge on any atom is -0.438 e. The fraction of sp³-hybridized carbons (Fsp3) is 0.0625. The molecule has 0 amide bonds. The molecule has 3 heterocycles. The first-order valence-corrected chi connectivity index (χ1v) is 8.58. The third-order valence-corrected chi connectivity index (χ3v) is 4.86. The molecule has 0 bridgehead atoms. The highest BCUT2D eigenvalue weighted by molar-refractivity contribution is 7.13. The normalized spacial score (nSPS) is 11.2. The van der Waals surface area contributed by atoms with Gasteiger partial charge < -0.3 is 4.42 Å². The van der Waals surface area contributed by atoms with Gasteiger partial charge in [0.2, 0.25) is 5.89 Å². The highest BCUT2D eigenvalue weighted by Gasteiger charge is 2.12. The van der Waals surface area contributed by atoms with E-state index in [-0.39, 0.29) is 12.1 Å². The number of nitrogens with zero attached hydrogens (tertiary/aromatic N) is 3. The van der Waals surface area contributed by atoms with Gasteiger partial charge in [-0.15, -0.1) is 11.3 Å². The summed E-state index contributed by atoms with van der Waals surface area (Å²) >= 11 is 13.6. The third-order valence-electron chi connectivity index (χ3n) is 3.47. The van der Waals surface area contributed by atoms with Crippen molar-refractivity contribution >= 4 is 45.4 Å². The van der Waals surface area contributed by atoms with Crippen LogP contribution in [0.2, 0.25) is 10.0 Å². The Kier molecular flexibility index (Phi) is 3.88. The van der Waals surface area contributed by atoms with Gasteiger partial charge in [0.15, 0.2) is 5.76 Å². The molecular formula is C16H9Cl2N3O2S. The summed E-state index contributed by atoms with van der Waals surface area (Å²) in [6, 6.07) is 7.00. The molecule has 0 radical (unpaired) electrons. The third kappa shape index (κ3) is 2.73. The summed E-state index contributed by atoms with van der Waals surface area (Å²) in [7, 11) is 0. The summed E-state index contributed by atoms with van der Waals surface area (Å²) in [5, 5.41) is 3.06. The van der Waals surface area contributed by atoms with E-state index in [4.69, 9.17) is 27.6 Å². The SMILES string of the molecule is O=c1c2cc(Cl)cc(Cl)c2ncn1Cc1ncc(-c2cccs2)o1. The van der Waals surface area contributed by atoms with Gasteiger partial charge in [-0.05, 0) is 23.6 Å². The molecule has 24 heavy (non-hydrogen) atoms. The smallest absolute Gasteiger partial charge is 0.261 e. The number of oxazole rings is 1. The van der Waals surface area contributed by atoms with Crippen molar-refractivity contribution in [1.82, 2.24) is 14.5 Å². The number of hydrogen-bond acceptors (Lipinski definition) is 5. The van der Waals surface area contributed by atoms with Crippen molar-refractivity contribution in [3.63, 3.8) is 0 Å². The van der Waals surface area contributed by atoms with Crippen molar-refractivity contribution in [3.8, 4) is 10.6 Å². The average molecular weight is 378 g/mol. The molecule has 4 aromatic rings. The van der Waals surface area contributed by atoms with Crippen molar-refractivity contribution in [1.29, 1.82) is 0 Å². The van der Waals surface area contributed by atoms with Crippen LogP contribution in [-0.2, 0) is 6.54 Å². The number of aromatic nitrogens is 3. The Bertz CT molecular complexity index is 1090. The zero-order valence-electron chi connectivity index (χ0n) is 12.1. The molecule has 8 heteroatoms. The highest BCUT2D eigenvalue weighted by atomic mass is 35.5. The van der Waals surface area contributed by atoms with E-state index in [0.29, 0.717) is 32.6 Å². The second-order valence-corrected chi connectivity index (χ2v) is 6.85. The highest BCUT2D eigenvalue weighted by Crippen LogP contribution is 2.26. The van der Waals surface area contributed by atoms with Crippen LogP contribution in [-0.4, -0.2) is 14.5 Å². The number of thiophene rings is 1. The first kappa shape index (κ1) is 15.4. The maximum atomic E-state index is 12.6. The van der Waals surface area contributed by atoms with E-state index in [0.717, 1.165) is 4.88 Å². The van der Waals surface area contributed by atoms with Crippen molar-refractivity contribution in [2.75, 3.05) is 0 Å². The van der Waals surface area contributed by atoms with Crippen LogP contribution in [0.4, 0.5) is 0 Å².